The molecule has 9 heteroatoms. The Labute approximate surface area is 152 Å². The molecule has 1 saturated heterocycles. The van der Waals surface area contributed by atoms with Gasteiger partial charge in [-0.05, 0) is 31.5 Å². The first-order valence-electron chi connectivity index (χ1n) is 8.62. The van der Waals surface area contributed by atoms with Gasteiger partial charge in [-0.1, -0.05) is 17.3 Å². The van der Waals surface area contributed by atoms with Gasteiger partial charge in [0.05, 0.1) is 29.7 Å². The zero-order valence-electron chi connectivity index (χ0n) is 14.3. The molecule has 2 aromatic heterocycles. The Morgan fingerprint density at radius 3 is 2.78 bits per heavy atom. The van der Waals surface area contributed by atoms with Crippen LogP contribution < -0.4 is 5.56 Å². The van der Waals surface area contributed by atoms with Crippen LogP contribution in [0.1, 0.15) is 30.5 Å². The van der Waals surface area contributed by atoms with Crippen LogP contribution in [0.2, 0.25) is 0 Å². The fourth-order valence-corrected chi connectivity index (χ4v) is 3.60. The third-order valence-corrected chi connectivity index (χ3v) is 4.74. The molecule has 0 radical (unpaired) electrons. The van der Waals surface area contributed by atoms with E-state index < -0.39 is 24.3 Å². The van der Waals surface area contributed by atoms with Gasteiger partial charge >= 0.3 is 6.18 Å². The van der Waals surface area contributed by atoms with Gasteiger partial charge in [0.25, 0.3) is 5.56 Å². The molecule has 6 nitrogen and oxygen atoms in total. The molecule has 1 atom stereocenters. The highest BCUT2D eigenvalue weighted by molar-refractivity contribution is 5.77. The number of halogens is 3. The Bertz CT molecular complexity index is 998. The van der Waals surface area contributed by atoms with Crippen molar-refractivity contribution >= 4 is 10.9 Å². The van der Waals surface area contributed by atoms with Crippen molar-refractivity contribution in [3.63, 3.8) is 0 Å². The Hall–Kier alpha value is -2.68. The van der Waals surface area contributed by atoms with E-state index in [1.54, 1.807) is 24.3 Å². The van der Waals surface area contributed by atoms with Gasteiger partial charge in [-0.15, -0.1) is 0 Å². The predicted molar refractivity (Wildman–Crippen MR) is 90.9 cm³/mol. The molecule has 1 fully saturated rings. The average molecular weight is 378 g/mol. The number of likely N-dealkylation sites (tertiary alicyclic amines) is 1. The predicted octanol–water partition coefficient (Wildman–Crippen LogP) is 3.28. The van der Waals surface area contributed by atoms with Gasteiger partial charge in [0.15, 0.2) is 5.76 Å². The summed E-state index contributed by atoms with van der Waals surface area (Å²) < 4.78 is 45.4. The van der Waals surface area contributed by atoms with Crippen molar-refractivity contribution in [3.8, 4) is 0 Å². The van der Waals surface area contributed by atoms with E-state index in [1.807, 2.05) is 4.90 Å². The van der Waals surface area contributed by atoms with Gasteiger partial charge in [0.1, 0.15) is 12.4 Å². The molecule has 1 unspecified atom stereocenters. The number of rotatable bonds is 4. The van der Waals surface area contributed by atoms with Crippen molar-refractivity contribution in [1.29, 1.82) is 0 Å². The smallest absolute Gasteiger partial charge is 0.360 e. The Kier molecular flexibility index (Phi) is 4.47. The number of hydrogen-bond acceptors (Lipinski definition) is 5. The van der Waals surface area contributed by atoms with E-state index in [2.05, 4.69) is 10.1 Å². The van der Waals surface area contributed by atoms with E-state index in [-0.39, 0.29) is 11.2 Å². The zero-order chi connectivity index (χ0) is 19.0. The van der Waals surface area contributed by atoms with E-state index in [1.165, 1.54) is 12.3 Å². The molecular weight excluding hydrogens is 361 g/mol. The molecule has 0 spiro atoms. The maximum Gasteiger partial charge on any atom is 0.406 e. The highest BCUT2D eigenvalue weighted by atomic mass is 19.4. The van der Waals surface area contributed by atoms with Crippen LogP contribution in [0.4, 0.5) is 13.2 Å². The lowest BCUT2D eigenvalue weighted by atomic mass is 10.1. The number of aromatic nitrogens is 3. The quantitative estimate of drug-likeness (QED) is 0.697. The van der Waals surface area contributed by atoms with Crippen LogP contribution >= 0.6 is 0 Å². The van der Waals surface area contributed by atoms with Crippen LogP contribution in [0.15, 0.2) is 45.8 Å². The minimum absolute atomic E-state index is 0.146. The maximum atomic E-state index is 13.2. The summed E-state index contributed by atoms with van der Waals surface area (Å²) in [4.78, 5) is 19.2. The molecule has 4 rings (SSSR count). The highest BCUT2D eigenvalue weighted by Crippen LogP contribution is 2.33. The van der Waals surface area contributed by atoms with E-state index in [0.717, 1.165) is 11.0 Å². The molecule has 0 aliphatic carbocycles. The van der Waals surface area contributed by atoms with Crippen LogP contribution in [0.25, 0.3) is 10.9 Å². The number of fused-ring (bicyclic) bond motifs is 1. The minimum Gasteiger partial charge on any atom is -0.360 e. The molecule has 1 aromatic carbocycles. The van der Waals surface area contributed by atoms with Crippen molar-refractivity contribution in [2.75, 3.05) is 6.54 Å². The summed E-state index contributed by atoms with van der Waals surface area (Å²) in [6.07, 6.45) is -1.57. The summed E-state index contributed by atoms with van der Waals surface area (Å²) in [6, 6.07) is 7.81. The second-order valence-electron chi connectivity index (χ2n) is 6.60. The fraction of sp³-hybridized carbons (Fsp3) is 0.389. The average Bonchev–Trinajstić information content (AvgIpc) is 3.29. The van der Waals surface area contributed by atoms with Crippen molar-refractivity contribution in [1.82, 2.24) is 19.6 Å². The van der Waals surface area contributed by atoms with Crippen molar-refractivity contribution in [3.05, 3.63) is 58.5 Å². The van der Waals surface area contributed by atoms with Crippen LogP contribution in [-0.4, -0.2) is 32.3 Å². The number of nitrogens with zero attached hydrogens (tertiary/aromatic N) is 4. The van der Waals surface area contributed by atoms with Crippen molar-refractivity contribution < 1.29 is 17.7 Å². The third kappa shape index (κ3) is 3.59. The molecule has 0 bridgehead atoms. The van der Waals surface area contributed by atoms with Crippen molar-refractivity contribution in [2.45, 2.75) is 38.1 Å². The van der Waals surface area contributed by atoms with Crippen LogP contribution in [-0.2, 0) is 13.1 Å². The van der Waals surface area contributed by atoms with Crippen molar-refractivity contribution in [2.24, 2.45) is 0 Å². The molecule has 0 saturated carbocycles. The number of para-hydroxylation sites is 1. The molecule has 1 aliphatic heterocycles. The summed E-state index contributed by atoms with van der Waals surface area (Å²) in [7, 11) is 0. The van der Waals surface area contributed by atoms with E-state index >= 15 is 0 Å². The second kappa shape index (κ2) is 6.80. The van der Waals surface area contributed by atoms with Gasteiger partial charge in [-0.25, -0.2) is 4.98 Å². The summed E-state index contributed by atoms with van der Waals surface area (Å²) in [5.41, 5.74) is -0.262. The second-order valence-corrected chi connectivity index (χ2v) is 6.60. The largest absolute Gasteiger partial charge is 0.406 e. The van der Waals surface area contributed by atoms with Gasteiger partial charge in [-0.3, -0.25) is 14.3 Å². The first-order chi connectivity index (χ1) is 12.9. The number of alkyl halides is 3. The monoisotopic (exact) mass is 378 g/mol. The Balaban J connectivity index is 1.81. The summed E-state index contributed by atoms with van der Waals surface area (Å²) in [5.74, 6) is 0.764. The number of benzene rings is 1. The van der Waals surface area contributed by atoms with Crippen LogP contribution in [0, 0.1) is 0 Å². The van der Waals surface area contributed by atoms with Crippen LogP contribution in [0.5, 0.6) is 0 Å². The highest BCUT2D eigenvalue weighted by Gasteiger charge is 2.35. The maximum absolute atomic E-state index is 13.2. The molecule has 1 aliphatic rings. The molecular formula is C18H17F3N4O2. The van der Waals surface area contributed by atoms with Crippen LogP contribution in [0.3, 0.4) is 0 Å². The minimum atomic E-state index is -4.52. The lowest BCUT2D eigenvalue weighted by Crippen LogP contribution is -2.35. The van der Waals surface area contributed by atoms with Gasteiger partial charge in [0, 0.05) is 6.07 Å². The lowest BCUT2D eigenvalue weighted by molar-refractivity contribution is -0.142. The Morgan fingerprint density at radius 1 is 1.22 bits per heavy atom. The first kappa shape index (κ1) is 17.7. The topological polar surface area (TPSA) is 64.2 Å². The van der Waals surface area contributed by atoms with Gasteiger partial charge < -0.3 is 4.52 Å². The zero-order valence-corrected chi connectivity index (χ0v) is 14.3. The molecule has 3 heterocycles. The van der Waals surface area contributed by atoms with Gasteiger partial charge in [0.2, 0.25) is 0 Å². The Morgan fingerprint density at radius 2 is 2.04 bits per heavy atom. The first-order valence-corrected chi connectivity index (χ1v) is 8.62. The molecule has 3 aromatic rings. The van der Waals surface area contributed by atoms with E-state index in [9.17, 15) is 18.0 Å². The normalized spacial score (nSPS) is 18.4. The SMILES string of the molecule is O=c1c2ccccc2nc(C2CCCN2Cc2ccno2)n1CC(F)(F)F. The molecule has 27 heavy (non-hydrogen) atoms. The summed E-state index contributed by atoms with van der Waals surface area (Å²) in [6.45, 7) is -0.273. The summed E-state index contributed by atoms with van der Waals surface area (Å²) >= 11 is 0. The lowest BCUT2D eigenvalue weighted by Gasteiger charge is -2.26. The third-order valence-electron chi connectivity index (χ3n) is 4.74. The standard InChI is InChI=1S/C18H17F3N4O2/c19-18(20,21)11-25-16(23-14-5-2-1-4-13(14)17(25)26)15-6-3-9-24(15)10-12-7-8-22-27-12/h1-2,4-5,7-8,15H,3,6,9-11H2. The fourth-order valence-electron chi connectivity index (χ4n) is 3.60. The van der Waals surface area contributed by atoms with E-state index in [4.69, 9.17) is 4.52 Å². The molecule has 0 N–H and O–H groups in total. The van der Waals surface area contributed by atoms with Gasteiger partial charge in [-0.2, -0.15) is 13.2 Å². The molecule has 0 amide bonds. The molecule has 142 valence electrons. The number of hydrogen-bond donors (Lipinski definition) is 0. The summed E-state index contributed by atoms with van der Waals surface area (Å²) in [5, 5.41) is 3.85. The van der Waals surface area contributed by atoms with E-state index in [0.29, 0.717) is 30.8 Å².